The number of nitriles is 1. The van der Waals surface area contributed by atoms with Gasteiger partial charge in [0.15, 0.2) is 0 Å². The number of hydrogen-bond acceptors (Lipinski definition) is 4. The van der Waals surface area contributed by atoms with Crippen molar-refractivity contribution in [1.82, 2.24) is 9.13 Å². The highest BCUT2D eigenvalue weighted by Crippen LogP contribution is 2.18. The molecule has 140 valence electrons. The fourth-order valence-corrected chi connectivity index (χ4v) is 2.89. The third kappa shape index (κ3) is 3.56. The molecule has 0 radical (unpaired) electrons. The largest absolute Gasteiger partial charge is 0.365 e. The molecule has 0 fully saturated rings. The number of rotatable bonds is 4. The van der Waals surface area contributed by atoms with Gasteiger partial charge < -0.3 is 5.73 Å². The van der Waals surface area contributed by atoms with Crippen LogP contribution in [0.1, 0.15) is 21.5 Å². The van der Waals surface area contributed by atoms with Crippen molar-refractivity contribution in [1.29, 1.82) is 5.26 Å². The molecule has 2 N–H and O–H groups in total. The van der Waals surface area contributed by atoms with E-state index in [9.17, 15) is 18.8 Å². The Labute approximate surface area is 162 Å². The maximum Gasteiger partial charge on any atom is 0.335 e. The van der Waals surface area contributed by atoms with Crippen LogP contribution in [0.5, 0.6) is 0 Å². The van der Waals surface area contributed by atoms with Crippen molar-refractivity contribution in [3.8, 4) is 11.8 Å². The minimum absolute atomic E-state index is 0.0803. The summed E-state index contributed by atoms with van der Waals surface area (Å²) in [5, 5.41) is 9.13. The zero-order valence-electron chi connectivity index (χ0n) is 14.2. The van der Waals surface area contributed by atoms with Crippen molar-refractivity contribution < 1.29 is 9.18 Å². The predicted molar refractivity (Wildman–Crippen MR) is 100 cm³/mol. The van der Waals surface area contributed by atoms with Gasteiger partial charge in [0, 0.05) is 11.2 Å². The van der Waals surface area contributed by atoms with E-state index in [2.05, 4.69) is 0 Å². The number of nitrogens with zero attached hydrogens (tertiary/aromatic N) is 3. The molecule has 0 spiro atoms. The Kier molecular flexibility index (Phi) is 5.11. The fourth-order valence-electron chi connectivity index (χ4n) is 2.66. The van der Waals surface area contributed by atoms with E-state index in [1.165, 1.54) is 36.4 Å². The number of carbonyl (C=O) groups is 1. The van der Waals surface area contributed by atoms with Gasteiger partial charge in [-0.05, 0) is 35.9 Å². The molecule has 0 unspecified atom stereocenters. The van der Waals surface area contributed by atoms with Gasteiger partial charge in [-0.2, -0.15) is 5.26 Å². The van der Waals surface area contributed by atoms with Crippen LogP contribution in [0.15, 0.2) is 58.3 Å². The lowest BCUT2D eigenvalue weighted by Crippen LogP contribution is -2.42. The number of aromatic nitrogens is 2. The van der Waals surface area contributed by atoms with Gasteiger partial charge in [-0.3, -0.25) is 14.2 Å². The second-order valence-electron chi connectivity index (χ2n) is 5.86. The smallest absolute Gasteiger partial charge is 0.335 e. The summed E-state index contributed by atoms with van der Waals surface area (Å²) < 4.78 is 15.1. The molecule has 2 aromatic carbocycles. The Balaban J connectivity index is 2.26. The predicted octanol–water partition coefficient (Wildman–Crippen LogP) is 1.81. The summed E-state index contributed by atoms with van der Waals surface area (Å²) >= 11 is 6.01. The first-order chi connectivity index (χ1) is 13.3. The monoisotopic (exact) mass is 398 g/mol. The van der Waals surface area contributed by atoms with Gasteiger partial charge in [-0.1, -0.05) is 23.7 Å². The van der Waals surface area contributed by atoms with Gasteiger partial charge >= 0.3 is 5.69 Å². The molecule has 0 aliphatic heterocycles. The molecule has 7 nitrogen and oxygen atoms in total. The molecular formula is C19H12ClFN4O3. The van der Waals surface area contributed by atoms with Gasteiger partial charge in [-0.25, -0.2) is 13.8 Å². The normalized spacial score (nSPS) is 10.5. The van der Waals surface area contributed by atoms with E-state index >= 15 is 0 Å². The Morgan fingerprint density at radius 3 is 2.61 bits per heavy atom. The Bertz CT molecular complexity index is 1260. The van der Waals surface area contributed by atoms with Crippen LogP contribution in [0.25, 0.3) is 5.69 Å². The quantitative estimate of drug-likeness (QED) is 0.722. The molecule has 1 heterocycles. The summed E-state index contributed by atoms with van der Waals surface area (Å²) in [5.74, 6) is -1.56. The fraction of sp³-hybridized carbons (Fsp3) is 0.0526. The molecule has 28 heavy (non-hydrogen) atoms. The van der Waals surface area contributed by atoms with Gasteiger partial charge in [0.25, 0.3) is 11.5 Å². The molecule has 0 saturated carbocycles. The first kappa shape index (κ1) is 19.1. The molecule has 0 aliphatic carbocycles. The lowest BCUT2D eigenvalue weighted by atomic mass is 10.2. The van der Waals surface area contributed by atoms with Gasteiger partial charge in [0.2, 0.25) is 0 Å². The minimum Gasteiger partial charge on any atom is -0.365 e. The van der Waals surface area contributed by atoms with Crippen molar-refractivity contribution in [3.05, 3.63) is 97.0 Å². The number of nitrogens with two attached hydrogens (primary N) is 1. The molecule has 1 amide bonds. The van der Waals surface area contributed by atoms with Crippen molar-refractivity contribution in [3.63, 3.8) is 0 Å². The Morgan fingerprint density at radius 2 is 1.96 bits per heavy atom. The van der Waals surface area contributed by atoms with Crippen LogP contribution >= 0.6 is 11.6 Å². The summed E-state index contributed by atoms with van der Waals surface area (Å²) in [5.41, 5.74) is 3.92. The van der Waals surface area contributed by atoms with E-state index in [0.29, 0.717) is 5.56 Å². The SMILES string of the molecule is N#Cc1cccc(-n2c(=O)c(C(N)=O)cn(Cc3ccc(F)cc3Cl)c2=O)c1. The van der Waals surface area contributed by atoms with Crippen LogP contribution in [0.2, 0.25) is 5.02 Å². The molecule has 3 aromatic rings. The lowest BCUT2D eigenvalue weighted by Gasteiger charge is -2.13. The van der Waals surface area contributed by atoms with Gasteiger partial charge in [-0.15, -0.1) is 0 Å². The van der Waals surface area contributed by atoms with Crippen LogP contribution in [0.4, 0.5) is 4.39 Å². The van der Waals surface area contributed by atoms with Gasteiger partial charge in [0.05, 0.1) is 23.9 Å². The van der Waals surface area contributed by atoms with Crippen LogP contribution in [0, 0.1) is 17.1 Å². The minimum atomic E-state index is -1.02. The molecule has 0 bridgehead atoms. The lowest BCUT2D eigenvalue weighted by molar-refractivity contribution is 0.0997. The van der Waals surface area contributed by atoms with Crippen molar-refractivity contribution in [2.24, 2.45) is 5.73 Å². The average molecular weight is 399 g/mol. The number of halogens is 2. The zero-order chi connectivity index (χ0) is 20.4. The van der Waals surface area contributed by atoms with E-state index in [1.54, 1.807) is 0 Å². The summed E-state index contributed by atoms with van der Waals surface area (Å²) in [6.45, 7) is -0.129. The van der Waals surface area contributed by atoms with E-state index in [1.807, 2.05) is 6.07 Å². The molecule has 0 atom stereocenters. The van der Waals surface area contributed by atoms with Crippen LogP contribution in [-0.2, 0) is 6.54 Å². The first-order valence-electron chi connectivity index (χ1n) is 7.92. The summed E-state index contributed by atoms with van der Waals surface area (Å²) in [6.07, 6.45) is 1.04. The van der Waals surface area contributed by atoms with Crippen LogP contribution < -0.4 is 17.0 Å². The second-order valence-corrected chi connectivity index (χ2v) is 6.26. The molecule has 3 rings (SSSR count). The summed E-state index contributed by atoms with van der Waals surface area (Å²) in [4.78, 5) is 37.3. The zero-order valence-corrected chi connectivity index (χ0v) is 15.0. The molecule has 0 saturated heterocycles. The number of hydrogen-bond donors (Lipinski definition) is 1. The van der Waals surface area contributed by atoms with E-state index < -0.39 is 28.5 Å². The second kappa shape index (κ2) is 7.50. The Morgan fingerprint density at radius 1 is 1.21 bits per heavy atom. The highest BCUT2D eigenvalue weighted by atomic mass is 35.5. The summed E-state index contributed by atoms with van der Waals surface area (Å²) in [6, 6.07) is 11.3. The highest BCUT2D eigenvalue weighted by Gasteiger charge is 2.17. The molecule has 9 heteroatoms. The van der Waals surface area contributed by atoms with E-state index in [-0.39, 0.29) is 22.8 Å². The first-order valence-corrected chi connectivity index (χ1v) is 8.30. The maximum atomic E-state index is 13.3. The Hall–Kier alpha value is -3.70. The van der Waals surface area contributed by atoms with E-state index in [0.717, 1.165) is 21.4 Å². The molecule has 0 aliphatic rings. The number of amides is 1. The van der Waals surface area contributed by atoms with Crippen LogP contribution in [0.3, 0.4) is 0 Å². The maximum absolute atomic E-state index is 13.3. The number of primary amides is 1. The summed E-state index contributed by atoms with van der Waals surface area (Å²) in [7, 11) is 0. The van der Waals surface area contributed by atoms with Crippen molar-refractivity contribution in [2.75, 3.05) is 0 Å². The number of carbonyl (C=O) groups excluding carboxylic acids is 1. The van der Waals surface area contributed by atoms with Crippen molar-refractivity contribution >= 4 is 17.5 Å². The average Bonchev–Trinajstić information content (AvgIpc) is 2.66. The van der Waals surface area contributed by atoms with Crippen LogP contribution in [-0.4, -0.2) is 15.0 Å². The van der Waals surface area contributed by atoms with Crippen molar-refractivity contribution in [2.45, 2.75) is 6.54 Å². The topological polar surface area (TPSA) is 111 Å². The third-order valence-corrected chi connectivity index (χ3v) is 4.36. The highest BCUT2D eigenvalue weighted by molar-refractivity contribution is 6.31. The third-order valence-electron chi connectivity index (χ3n) is 4.01. The standard InChI is InChI=1S/C19H12ClFN4O3/c20-16-7-13(21)5-4-12(16)9-24-10-15(17(23)26)18(27)25(19(24)28)14-3-1-2-11(6-14)8-22/h1-7,10H,9H2,(H2,23,26). The number of benzene rings is 2. The van der Waals surface area contributed by atoms with E-state index in [4.69, 9.17) is 22.6 Å². The molecule has 1 aromatic heterocycles. The van der Waals surface area contributed by atoms with Gasteiger partial charge in [0.1, 0.15) is 11.4 Å². The molecular weight excluding hydrogens is 387 g/mol.